The number of halogens is 1. The lowest BCUT2D eigenvalue weighted by molar-refractivity contribution is 0.0524. The van der Waals surface area contributed by atoms with Crippen molar-refractivity contribution in [1.82, 2.24) is 0 Å². The topological polar surface area (TPSA) is 52.6 Å². The van der Waals surface area contributed by atoms with E-state index in [0.717, 1.165) is 0 Å². The molecular weight excluding hydrogens is 252 g/mol. The molecule has 0 aromatic heterocycles. The predicted molar refractivity (Wildman–Crippen MR) is 64.1 cm³/mol. The first-order chi connectivity index (χ1) is 7.44. The standard InChI is InChI=1S/C10H11ClO4S/c1-3-14-10(12)8-6-4-5-7-9(8)15-16(2,11)13/h4-7H,2-3H2,1H3. The highest BCUT2D eigenvalue weighted by molar-refractivity contribution is 8.17. The third-order valence-corrected chi connectivity index (χ3v) is 2.21. The minimum absolute atomic E-state index is 0.0935. The summed E-state index contributed by atoms with van der Waals surface area (Å²) >= 11 is 0. The molecule has 0 spiro atoms. The molecule has 0 fully saturated rings. The van der Waals surface area contributed by atoms with Crippen LogP contribution < -0.4 is 4.18 Å². The molecule has 88 valence electrons. The predicted octanol–water partition coefficient (Wildman–Crippen LogP) is 2.03. The van der Waals surface area contributed by atoms with Gasteiger partial charge in [0.25, 0.3) is 0 Å². The van der Waals surface area contributed by atoms with Crippen molar-refractivity contribution in [2.75, 3.05) is 6.61 Å². The Kier molecular flexibility index (Phi) is 4.20. The van der Waals surface area contributed by atoms with E-state index in [1.807, 2.05) is 0 Å². The Balaban J connectivity index is 3.05. The first kappa shape index (κ1) is 12.9. The van der Waals surface area contributed by atoms with Gasteiger partial charge in [0.15, 0.2) is 5.75 Å². The van der Waals surface area contributed by atoms with Crippen LogP contribution in [0, 0.1) is 0 Å². The summed E-state index contributed by atoms with van der Waals surface area (Å²) in [6.45, 7) is 1.93. The summed E-state index contributed by atoms with van der Waals surface area (Å²) in [5, 5.41) is 0. The fourth-order valence-electron chi connectivity index (χ4n) is 1.05. The van der Waals surface area contributed by atoms with Gasteiger partial charge in [0.2, 0.25) is 9.02 Å². The number of carbonyl (C=O) groups excluding carboxylic acids is 1. The molecule has 0 aliphatic carbocycles. The van der Waals surface area contributed by atoms with E-state index in [4.69, 9.17) is 19.6 Å². The maximum atomic E-state index is 11.5. The fraction of sp³-hybridized carbons (Fsp3) is 0.200. The van der Waals surface area contributed by atoms with Crippen molar-refractivity contribution >= 4 is 31.5 Å². The zero-order chi connectivity index (χ0) is 12.2. The smallest absolute Gasteiger partial charge is 0.341 e. The second kappa shape index (κ2) is 5.23. The third-order valence-electron chi connectivity index (χ3n) is 1.60. The van der Waals surface area contributed by atoms with Gasteiger partial charge in [0.05, 0.1) is 6.61 Å². The van der Waals surface area contributed by atoms with Gasteiger partial charge >= 0.3 is 5.97 Å². The second-order valence-electron chi connectivity index (χ2n) is 2.84. The molecule has 0 aliphatic heterocycles. The van der Waals surface area contributed by atoms with Gasteiger partial charge < -0.3 is 8.92 Å². The maximum Gasteiger partial charge on any atom is 0.341 e. The average Bonchev–Trinajstić information content (AvgIpc) is 2.16. The van der Waals surface area contributed by atoms with Gasteiger partial charge in [0, 0.05) is 16.6 Å². The van der Waals surface area contributed by atoms with E-state index in [2.05, 4.69) is 5.87 Å². The molecule has 0 amide bonds. The van der Waals surface area contributed by atoms with Gasteiger partial charge in [0.1, 0.15) is 5.56 Å². The van der Waals surface area contributed by atoms with E-state index < -0.39 is 15.0 Å². The van der Waals surface area contributed by atoms with E-state index in [-0.39, 0.29) is 17.9 Å². The lowest BCUT2D eigenvalue weighted by atomic mass is 10.2. The van der Waals surface area contributed by atoms with Crippen LogP contribution in [0.3, 0.4) is 0 Å². The zero-order valence-corrected chi connectivity index (χ0v) is 10.2. The highest BCUT2D eigenvalue weighted by Gasteiger charge is 2.15. The number of rotatable bonds is 4. The number of esters is 1. The largest absolute Gasteiger partial charge is 0.462 e. The molecule has 4 nitrogen and oxygen atoms in total. The molecule has 0 saturated carbocycles. The molecule has 1 aromatic rings. The first-order valence-electron chi connectivity index (χ1n) is 4.46. The molecule has 0 heterocycles. The molecule has 1 atom stereocenters. The van der Waals surface area contributed by atoms with Crippen LogP contribution >= 0.6 is 10.7 Å². The number of hydrogen-bond acceptors (Lipinski definition) is 4. The van der Waals surface area contributed by atoms with E-state index in [1.165, 1.54) is 12.1 Å². The average molecular weight is 263 g/mol. The Morgan fingerprint density at radius 2 is 2.12 bits per heavy atom. The molecule has 0 saturated heterocycles. The van der Waals surface area contributed by atoms with Crippen molar-refractivity contribution in [1.29, 1.82) is 0 Å². The summed E-state index contributed by atoms with van der Waals surface area (Å²) in [5.74, 6) is 2.67. The Bertz CT molecular complexity index is 481. The van der Waals surface area contributed by atoms with Crippen molar-refractivity contribution in [2.45, 2.75) is 6.92 Å². The number of hydrogen-bond donors (Lipinski definition) is 0. The number of carbonyl (C=O) groups is 1. The van der Waals surface area contributed by atoms with Gasteiger partial charge in [-0.05, 0) is 19.1 Å². The summed E-state index contributed by atoms with van der Waals surface area (Å²) < 4.78 is 20.9. The minimum atomic E-state index is -3.18. The van der Waals surface area contributed by atoms with Crippen LogP contribution in [-0.2, 0) is 13.8 Å². The van der Waals surface area contributed by atoms with Crippen molar-refractivity contribution in [3.63, 3.8) is 0 Å². The third kappa shape index (κ3) is 3.75. The lowest BCUT2D eigenvalue weighted by Gasteiger charge is -2.09. The summed E-state index contributed by atoms with van der Waals surface area (Å²) in [6.07, 6.45) is 0. The Labute approximate surface area is 98.8 Å². The van der Waals surface area contributed by atoms with Crippen LogP contribution in [0.4, 0.5) is 0 Å². The van der Waals surface area contributed by atoms with Crippen molar-refractivity contribution in [3.05, 3.63) is 29.8 Å². The quantitative estimate of drug-likeness (QED) is 0.473. The lowest BCUT2D eigenvalue weighted by Crippen LogP contribution is -2.09. The molecule has 1 unspecified atom stereocenters. The first-order valence-corrected chi connectivity index (χ1v) is 6.94. The maximum absolute atomic E-state index is 11.5. The van der Waals surface area contributed by atoms with E-state index in [1.54, 1.807) is 19.1 Å². The molecule has 1 rings (SSSR count). The second-order valence-corrected chi connectivity index (χ2v) is 5.49. The van der Waals surface area contributed by atoms with E-state index in [9.17, 15) is 9.00 Å². The normalized spacial score (nSPS) is 13.9. The van der Waals surface area contributed by atoms with Crippen LogP contribution in [-0.4, -0.2) is 22.7 Å². The highest BCUT2D eigenvalue weighted by Crippen LogP contribution is 2.21. The van der Waals surface area contributed by atoms with Crippen LogP contribution in [0.2, 0.25) is 0 Å². The molecule has 0 aliphatic rings. The molecule has 1 aromatic carbocycles. The van der Waals surface area contributed by atoms with Gasteiger partial charge in [-0.3, -0.25) is 0 Å². The summed E-state index contributed by atoms with van der Waals surface area (Å²) in [4.78, 5) is 11.5. The van der Waals surface area contributed by atoms with Crippen molar-refractivity contribution in [2.24, 2.45) is 0 Å². The molecular formula is C10H11ClO4S. The summed E-state index contributed by atoms with van der Waals surface area (Å²) in [6, 6.07) is 6.23. The van der Waals surface area contributed by atoms with Crippen molar-refractivity contribution in [3.8, 4) is 5.75 Å². The molecule has 6 heteroatoms. The van der Waals surface area contributed by atoms with Gasteiger partial charge in [-0.1, -0.05) is 12.1 Å². The summed E-state index contributed by atoms with van der Waals surface area (Å²) in [5.41, 5.74) is 0.168. The minimum Gasteiger partial charge on any atom is -0.462 e. The monoisotopic (exact) mass is 262 g/mol. The molecule has 0 bridgehead atoms. The number of para-hydroxylation sites is 1. The van der Waals surface area contributed by atoms with Gasteiger partial charge in [-0.25, -0.2) is 9.00 Å². The van der Waals surface area contributed by atoms with E-state index in [0.29, 0.717) is 0 Å². The SMILES string of the molecule is C=S(=O)(Cl)Oc1ccccc1C(=O)OCC. The molecule has 0 radical (unpaired) electrons. The number of benzene rings is 1. The highest BCUT2D eigenvalue weighted by atomic mass is 35.7. The van der Waals surface area contributed by atoms with Gasteiger partial charge in [-0.2, -0.15) is 0 Å². The zero-order valence-electron chi connectivity index (χ0n) is 8.64. The molecule has 0 N–H and O–H groups in total. The fourth-order valence-corrected chi connectivity index (χ4v) is 1.67. The van der Waals surface area contributed by atoms with Crippen LogP contribution in [0.5, 0.6) is 5.75 Å². The van der Waals surface area contributed by atoms with Crippen LogP contribution in [0.15, 0.2) is 24.3 Å². The molecule has 16 heavy (non-hydrogen) atoms. The Morgan fingerprint density at radius 1 is 1.50 bits per heavy atom. The summed E-state index contributed by atoms with van der Waals surface area (Å²) in [7, 11) is 2.18. The van der Waals surface area contributed by atoms with E-state index >= 15 is 0 Å². The number of ether oxygens (including phenoxy) is 1. The Morgan fingerprint density at radius 3 is 2.69 bits per heavy atom. The Hall–Kier alpha value is -1.20. The van der Waals surface area contributed by atoms with Crippen LogP contribution in [0.25, 0.3) is 0 Å². The van der Waals surface area contributed by atoms with Crippen molar-refractivity contribution < 1.29 is 17.9 Å². The van der Waals surface area contributed by atoms with Gasteiger partial charge in [-0.15, -0.1) is 0 Å². The van der Waals surface area contributed by atoms with Crippen LogP contribution in [0.1, 0.15) is 17.3 Å².